The molecule has 0 bridgehead atoms. The number of hydroxylamine groups is 1. The van der Waals surface area contributed by atoms with Crippen LogP contribution in [0.2, 0.25) is 0 Å². The van der Waals surface area contributed by atoms with Crippen molar-refractivity contribution in [2.45, 2.75) is 0 Å². The summed E-state index contributed by atoms with van der Waals surface area (Å²) in [6, 6.07) is 4.09. The standard InChI is InChI=1S/C8H9NO4/c1-13-9-8(12)5-3-2-4-6(10)7(5)11/h2-4,10-11H,1H3,(H,9,12). The molecule has 0 unspecified atom stereocenters. The summed E-state index contributed by atoms with van der Waals surface area (Å²) in [5.41, 5.74) is 1.98. The highest BCUT2D eigenvalue weighted by molar-refractivity contribution is 5.96. The molecular formula is C8H9NO4. The average Bonchev–Trinajstić information content (AvgIpc) is 2.10. The van der Waals surface area contributed by atoms with Crippen molar-refractivity contribution in [3.05, 3.63) is 23.8 Å². The predicted octanol–water partition coefficient (Wildman–Crippen LogP) is 0.389. The van der Waals surface area contributed by atoms with Gasteiger partial charge in [-0.1, -0.05) is 6.07 Å². The molecule has 5 heteroatoms. The molecule has 5 nitrogen and oxygen atoms in total. The second-order valence-electron chi connectivity index (χ2n) is 2.31. The van der Waals surface area contributed by atoms with Crippen molar-refractivity contribution in [1.82, 2.24) is 5.48 Å². The minimum Gasteiger partial charge on any atom is -0.504 e. The van der Waals surface area contributed by atoms with Crippen LogP contribution in [0.5, 0.6) is 11.5 Å². The van der Waals surface area contributed by atoms with Crippen molar-refractivity contribution in [2.24, 2.45) is 0 Å². The Morgan fingerprint density at radius 3 is 2.77 bits per heavy atom. The normalized spacial score (nSPS) is 9.62. The third-order valence-corrected chi connectivity index (χ3v) is 1.45. The lowest BCUT2D eigenvalue weighted by molar-refractivity contribution is 0.0534. The molecule has 0 spiro atoms. The lowest BCUT2D eigenvalue weighted by Gasteiger charge is -2.04. The zero-order chi connectivity index (χ0) is 9.84. The summed E-state index contributed by atoms with van der Waals surface area (Å²) < 4.78 is 0. The number of para-hydroxylation sites is 1. The molecule has 1 rings (SSSR count). The van der Waals surface area contributed by atoms with Crippen LogP contribution in [0.15, 0.2) is 18.2 Å². The predicted molar refractivity (Wildman–Crippen MR) is 44.2 cm³/mol. The molecule has 0 aromatic heterocycles. The Morgan fingerprint density at radius 2 is 2.15 bits per heavy atom. The van der Waals surface area contributed by atoms with E-state index < -0.39 is 11.7 Å². The molecular weight excluding hydrogens is 174 g/mol. The van der Waals surface area contributed by atoms with Gasteiger partial charge in [-0.25, -0.2) is 5.48 Å². The van der Waals surface area contributed by atoms with E-state index >= 15 is 0 Å². The van der Waals surface area contributed by atoms with Gasteiger partial charge in [0.2, 0.25) is 0 Å². The first-order valence-corrected chi connectivity index (χ1v) is 3.51. The first-order valence-electron chi connectivity index (χ1n) is 3.51. The monoisotopic (exact) mass is 183 g/mol. The van der Waals surface area contributed by atoms with Crippen molar-refractivity contribution >= 4 is 5.91 Å². The van der Waals surface area contributed by atoms with Crippen LogP contribution in [0.25, 0.3) is 0 Å². The Kier molecular flexibility index (Phi) is 2.71. The summed E-state index contributed by atoms with van der Waals surface area (Å²) >= 11 is 0. The molecule has 1 aromatic rings. The molecule has 0 aliphatic rings. The maximum Gasteiger partial charge on any atom is 0.278 e. The fourth-order valence-corrected chi connectivity index (χ4v) is 0.862. The molecule has 1 aromatic carbocycles. The summed E-state index contributed by atoms with van der Waals surface area (Å²) in [7, 11) is 1.28. The van der Waals surface area contributed by atoms with Crippen molar-refractivity contribution in [3.63, 3.8) is 0 Å². The maximum absolute atomic E-state index is 11.1. The summed E-state index contributed by atoms with van der Waals surface area (Å²) in [6.45, 7) is 0. The first-order chi connectivity index (χ1) is 6.16. The summed E-state index contributed by atoms with van der Waals surface area (Å²) in [5.74, 6) is -1.42. The van der Waals surface area contributed by atoms with Crippen LogP contribution in [0, 0.1) is 0 Å². The number of amides is 1. The molecule has 0 radical (unpaired) electrons. The van der Waals surface area contributed by atoms with Gasteiger partial charge in [0.05, 0.1) is 12.7 Å². The van der Waals surface area contributed by atoms with Crippen LogP contribution in [-0.2, 0) is 4.84 Å². The van der Waals surface area contributed by atoms with E-state index in [-0.39, 0.29) is 11.3 Å². The first kappa shape index (κ1) is 9.34. The van der Waals surface area contributed by atoms with Gasteiger partial charge < -0.3 is 10.2 Å². The number of carbonyl (C=O) groups is 1. The van der Waals surface area contributed by atoms with Crippen molar-refractivity contribution < 1.29 is 19.8 Å². The number of nitrogens with one attached hydrogen (secondary N) is 1. The van der Waals surface area contributed by atoms with E-state index in [0.717, 1.165) is 0 Å². The van der Waals surface area contributed by atoms with Crippen molar-refractivity contribution in [1.29, 1.82) is 0 Å². The van der Waals surface area contributed by atoms with E-state index in [9.17, 15) is 9.90 Å². The van der Waals surface area contributed by atoms with Crippen LogP contribution >= 0.6 is 0 Å². The number of carbonyl (C=O) groups excluding carboxylic acids is 1. The second-order valence-corrected chi connectivity index (χ2v) is 2.31. The van der Waals surface area contributed by atoms with Crippen molar-refractivity contribution in [3.8, 4) is 11.5 Å². The SMILES string of the molecule is CONC(=O)c1cccc(O)c1O. The Balaban J connectivity index is 3.01. The molecule has 0 fully saturated rings. The fraction of sp³-hybridized carbons (Fsp3) is 0.125. The smallest absolute Gasteiger partial charge is 0.278 e. The molecule has 3 N–H and O–H groups in total. The molecule has 0 atom stereocenters. The van der Waals surface area contributed by atoms with Gasteiger partial charge in [-0.15, -0.1) is 0 Å². The molecule has 0 saturated carbocycles. The van der Waals surface area contributed by atoms with Crippen LogP contribution in [0.3, 0.4) is 0 Å². The Labute approximate surface area is 74.5 Å². The average molecular weight is 183 g/mol. The zero-order valence-corrected chi connectivity index (χ0v) is 6.94. The Morgan fingerprint density at radius 1 is 1.46 bits per heavy atom. The molecule has 0 aliphatic carbocycles. The number of hydrogen-bond donors (Lipinski definition) is 3. The van der Waals surface area contributed by atoms with Crippen molar-refractivity contribution in [2.75, 3.05) is 7.11 Å². The van der Waals surface area contributed by atoms with E-state index in [4.69, 9.17) is 5.11 Å². The van der Waals surface area contributed by atoms with Gasteiger partial charge in [0.1, 0.15) is 0 Å². The largest absolute Gasteiger partial charge is 0.504 e. The van der Waals surface area contributed by atoms with Gasteiger partial charge in [-0.2, -0.15) is 0 Å². The Bertz CT molecular complexity index is 324. The maximum atomic E-state index is 11.1. The fourth-order valence-electron chi connectivity index (χ4n) is 0.862. The van der Waals surface area contributed by atoms with Crippen LogP contribution < -0.4 is 5.48 Å². The summed E-state index contributed by atoms with van der Waals surface area (Å²) in [6.07, 6.45) is 0. The van der Waals surface area contributed by atoms with E-state index in [1.54, 1.807) is 0 Å². The number of benzene rings is 1. The quantitative estimate of drug-likeness (QED) is 0.457. The summed E-state index contributed by atoms with van der Waals surface area (Å²) in [5, 5.41) is 18.3. The zero-order valence-electron chi connectivity index (χ0n) is 6.94. The Hall–Kier alpha value is -1.75. The minimum atomic E-state index is -0.615. The number of hydrogen-bond acceptors (Lipinski definition) is 4. The third kappa shape index (κ3) is 1.88. The highest BCUT2D eigenvalue weighted by Crippen LogP contribution is 2.27. The molecule has 13 heavy (non-hydrogen) atoms. The highest BCUT2D eigenvalue weighted by Gasteiger charge is 2.12. The van der Waals surface area contributed by atoms with Gasteiger partial charge in [-0.3, -0.25) is 9.63 Å². The molecule has 0 aliphatic heterocycles. The number of phenols is 2. The van der Waals surface area contributed by atoms with Gasteiger partial charge in [0.25, 0.3) is 5.91 Å². The highest BCUT2D eigenvalue weighted by atomic mass is 16.6. The van der Waals surface area contributed by atoms with Crippen LogP contribution in [0.1, 0.15) is 10.4 Å². The number of aromatic hydroxyl groups is 2. The van der Waals surface area contributed by atoms with Gasteiger partial charge in [0.15, 0.2) is 11.5 Å². The molecule has 0 saturated heterocycles. The van der Waals surface area contributed by atoms with E-state index in [1.165, 1.54) is 25.3 Å². The molecule has 0 heterocycles. The van der Waals surface area contributed by atoms with E-state index in [2.05, 4.69) is 4.84 Å². The topological polar surface area (TPSA) is 78.8 Å². The number of rotatable bonds is 2. The lowest BCUT2D eigenvalue weighted by Crippen LogP contribution is -2.21. The minimum absolute atomic E-state index is 0.0400. The second kappa shape index (κ2) is 3.77. The lowest BCUT2D eigenvalue weighted by atomic mass is 10.2. The molecule has 70 valence electrons. The number of phenolic OH excluding ortho intramolecular Hbond substituents is 2. The third-order valence-electron chi connectivity index (χ3n) is 1.45. The molecule has 1 amide bonds. The van der Waals surface area contributed by atoms with Gasteiger partial charge in [0, 0.05) is 0 Å². The van der Waals surface area contributed by atoms with Gasteiger partial charge in [-0.05, 0) is 12.1 Å². The van der Waals surface area contributed by atoms with E-state index in [1.807, 2.05) is 5.48 Å². The van der Waals surface area contributed by atoms with Gasteiger partial charge >= 0.3 is 0 Å². The van der Waals surface area contributed by atoms with Crippen LogP contribution in [0.4, 0.5) is 0 Å². The van der Waals surface area contributed by atoms with E-state index in [0.29, 0.717) is 0 Å². The summed E-state index contributed by atoms with van der Waals surface area (Å²) in [4.78, 5) is 15.5. The van der Waals surface area contributed by atoms with Crippen LogP contribution in [-0.4, -0.2) is 23.2 Å².